The number of rotatable bonds is 10. The molecule has 10 nitrogen and oxygen atoms in total. The molecule has 4 rings (SSSR count). The number of hydrogen-bond acceptors (Lipinski definition) is 7. The number of aliphatic hydroxyl groups is 1. The highest BCUT2D eigenvalue weighted by molar-refractivity contribution is 6.02. The molecule has 0 saturated carbocycles. The van der Waals surface area contributed by atoms with Gasteiger partial charge in [-0.25, -0.2) is 9.80 Å². The Balaban J connectivity index is 1.52. The summed E-state index contributed by atoms with van der Waals surface area (Å²) in [5.74, 6) is 2.23. The molecular weight excluding hydrogens is 476 g/mol. The van der Waals surface area contributed by atoms with E-state index in [0.29, 0.717) is 58.3 Å². The summed E-state index contributed by atoms with van der Waals surface area (Å²) in [6.45, 7) is -0.0951. The number of pyridine rings is 1. The number of nitrogens with zero attached hydrogens (tertiary/aromatic N) is 2. The number of carbonyl (C=O) groups is 2. The third-order valence-corrected chi connectivity index (χ3v) is 5.54. The van der Waals surface area contributed by atoms with Gasteiger partial charge in [0.2, 0.25) is 6.41 Å². The minimum absolute atomic E-state index is 0.0951. The zero-order valence-corrected chi connectivity index (χ0v) is 20.3. The van der Waals surface area contributed by atoms with Crippen molar-refractivity contribution in [2.45, 2.75) is 6.42 Å². The lowest BCUT2D eigenvalue weighted by Crippen LogP contribution is -2.45. The predicted molar refractivity (Wildman–Crippen MR) is 139 cm³/mol. The van der Waals surface area contributed by atoms with Crippen LogP contribution in [0, 0.1) is 0 Å². The van der Waals surface area contributed by atoms with Gasteiger partial charge in [0.25, 0.3) is 0 Å². The number of carbonyl (C=O) groups excluding carboxylic acids is 2. The van der Waals surface area contributed by atoms with E-state index in [1.165, 1.54) is 0 Å². The van der Waals surface area contributed by atoms with Gasteiger partial charge in [0, 0.05) is 29.9 Å². The van der Waals surface area contributed by atoms with Crippen molar-refractivity contribution in [2.75, 3.05) is 31.2 Å². The Morgan fingerprint density at radius 1 is 1.00 bits per heavy atom. The van der Waals surface area contributed by atoms with E-state index in [1.54, 1.807) is 87.1 Å². The van der Waals surface area contributed by atoms with Crippen LogP contribution in [0.5, 0.6) is 23.0 Å². The first-order valence-electron chi connectivity index (χ1n) is 11.4. The lowest BCUT2D eigenvalue weighted by molar-refractivity contribution is -0.109. The number of urea groups is 1. The number of anilines is 2. The van der Waals surface area contributed by atoms with Crippen LogP contribution in [0.25, 0.3) is 10.9 Å². The molecule has 1 heterocycles. The molecule has 3 amide bonds. The summed E-state index contributed by atoms with van der Waals surface area (Å²) >= 11 is 0. The molecule has 0 aliphatic rings. The van der Waals surface area contributed by atoms with Crippen molar-refractivity contribution in [2.24, 2.45) is 0 Å². The van der Waals surface area contributed by atoms with Gasteiger partial charge >= 0.3 is 6.03 Å². The fourth-order valence-corrected chi connectivity index (χ4v) is 3.80. The molecule has 0 saturated heterocycles. The largest absolute Gasteiger partial charge is 0.493 e. The number of hydrogen-bond donors (Lipinski definition) is 3. The van der Waals surface area contributed by atoms with Crippen LogP contribution in [0.3, 0.4) is 0 Å². The number of ether oxygens (including phenoxy) is 3. The molecule has 0 radical (unpaired) electrons. The summed E-state index contributed by atoms with van der Waals surface area (Å²) in [5, 5.41) is 13.9. The number of nitrogens with one attached hydrogen (secondary N) is 2. The number of hydrazine groups is 1. The molecule has 1 aromatic heterocycles. The highest BCUT2D eigenvalue weighted by Gasteiger charge is 2.19. The summed E-state index contributed by atoms with van der Waals surface area (Å²) in [4.78, 5) is 28.5. The molecular formula is C27H26N4O6. The number of benzene rings is 3. The molecule has 0 bridgehead atoms. The van der Waals surface area contributed by atoms with Gasteiger partial charge in [0.15, 0.2) is 11.5 Å². The van der Waals surface area contributed by atoms with Crippen molar-refractivity contribution >= 4 is 34.7 Å². The molecule has 3 aromatic carbocycles. The lowest BCUT2D eigenvalue weighted by Gasteiger charge is -2.24. The molecule has 0 fully saturated rings. The van der Waals surface area contributed by atoms with Crippen molar-refractivity contribution < 1.29 is 28.9 Å². The maximum Gasteiger partial charge on any atom is 0.345 e. The molecule has 0 spiro atoms. The Hall–Kier alpha value is -4.83. The van der Waals surface area contributed by atoms with Gasteiger partial charge in [0.05, 0.1) is 25.4 Å². The third-order valence-electron chi connectivity index (χ3n) is 5.54. The monoisotopic (exact) mass is 502 g/mol. The maximum absolute atomic E-state index is 13.0. The molecule has 4 aromatic rings. The highest BCUT2D eigenvalue weighted by atomic mass is 16.5. The van der Waals surface area contributed by atoms with E-state index in [9.17, 15) is 14.7 Å². The van der Waals surface area contributed by atoms with Crippen LogP contribution in [0.2, 0.25) is 0 Å². The topological polar surface area (TPSA) is 122 Å². The summed E-state index contributed by atoms with van der Waals surface area (Å²) < 4.78 is 16.8. The molecule has 0 unspecified atom stereocenters. The smallest absolute Gasteiger partial charge is 0.345 e. The number of aromatic nitrogens is 1. The van der Waals surface area contributed by atoms with Crippen LogP contribution >= 0.6 is 0 Å². The first-order valence-corrected chi connectivity index (χ1v) is 11.4. The predicted octanol–water partition coefficient (Wildman–Crippen LogP) is 4.28. The summed E-state index contributed by atoms with van der Waals surface area (Å²) in [6.07, 6.45) is 2.38. The fourth-order valence-electron chi connectivity index (χ4n) is 3.80. The average Bonchev–Trinajstić information content (AvgIpc) is 2.92. The van der Waals surface area contributed by atoms with E-state index in [2.05, 4.69) is 15.7 Å². The summed E-state index contributed by atoms with van der Waals surface area (Å²) in [5.41, 5.74) is 4.74. The number of methoxy groups -OCH3 is 2. The van der Waals surface area contributed by atoms with Crippen molar-refractivity contribution in [3.8, 4) is 23.0 Å². The SMILES string of the molecule is COc1cc2nccc(Oc3ccc(NC(=O)N(NC=O)c4ccccc4CCO)cc3)c2cc1OC. The summed E-state index contributed by atoms with van der Waals surface area (Å²) in [7, 11) is 3.12. The van der Waals surface area contributed by atoms with E-state index >= 15 is 0 Å². The van der Waals surface area contributed by atoms with Gasteiger partial charge in [0.1, 0.15) is 11.5 Å². The Morgan fingerprint density at radius 2 is 1.73 bits per heavy atom. The van der Waals surface area contributed by atoms with Crippen molar-refractivity contribution in [3.05, 3.63) is 78.5 Å². The van der Waals surface area contributed by atoms with Crippen LogP contribution in [-0.2, 0) is 11.2 Å². The number of aliphatic hydroxyl groups excluding tert-OH is 1. The van der Waals surface area contributed by atoms with Gasteiger partial charge in [-0.2, -0.15) is 0 Å². The second-order valence-electron chi connectivity index (χ2n) is 7.77. The van der Waals surface area contributed by atoms with Gasteiger partial charge in [-0.3, -0.25) is 15.2 Å². The first kappa shape index (κ1) is 25.3. The van der Waals surface area contributed by atoms with E-state index in [4.69, 9.17) is 14.2 Å². The molecule has 10 heteroatoms. The Bertz CT molecular complexity index is 1390. The standard InChI is InChI=1S/C27H26N4O6/c1-35-25-15-21-22(16-26(25)36-2)28-13-11-24(21)37-20-9-7-19(8-10-20)30-27(34)31(29-17-33)23-6-4-3-5-18(23)12-14-32/h3-11,13,15-17,32H,12,14H2,1-2H3,(H,29,33)(H,30,34). The lowest BCUT2D eigenvalue weighted by atomic mass is 10.1. The van der Waals surface area contributed by atoms with Crippen LogP contribution in [-0.4, -0.2) is 43.4 Å². The first-order chi connectivity index (χ1) is 18.1. The quantitative estimate of drug-likeness (QED) is 0.219. The number of fused-ring (bicyclic) bond motifs is 1. The fraction of sp³-hybridized carbons (Fsp3) is 0.148. The average molecular weight is 503 g/mol. The molecule has 3 N–H and O–H groups in total. The molecule has 0 atom stereocenters. The van der Waals surface area contributed by atoms with Crippen LogP contribution < -0.4 is 30.0 Å². The van der Waals surface area contributed by atoms with Crippen LogP contribution in [0.4, 0.5) is 16.2 Å². The van der Waals surface area contributed by atoms with E-state index in [-0.39, 0.29) is 6.61 Å². The van der Waals surface area contributed by atoms with Gasteiger partial charge in [-0.1, -0.05) is 18.2 Å². The van der Waals surface area contributed by atoms with E-state index < -0.39 is 6.03 Å². The normalized spacial score (nSPS) is 10.5. The van der Waals surface area contributed by atoms with E-state index in [0.717, 1.165) is 10.4 Å². The second-order valence-corrected chi connectivity index (χ2v) is 7.77. The number of para-hydroxylation sites is 1. The van der Waals surface area contributed by atoms with E-state index in [1.807, 2.05) is 0 Å². The molecule has 0 aliphatic heterocycles. The van der Waals surface area contributed by atoms with Crippen molar-refractivity contribution in [1.29, 1.82) is 0 Å². The van der Waals surface area contributed by atoms with Crippen LogP contribution in [0.15, 0.2) is 72.9 Å². The second kappa shape index (κ2) is 11.7. The molecule has 37 heavy (non-hydrogen) atoms. The van der Waals surface area contributed by atoms with Gasteiger partial charge < -0.3 is 24.6 Å². The third kappa shape index (κ3) is 5.71. The number of amides is 3. The minimum Gasteiger partial charge on any atom is -0.493 e. The highest BCUT2D eigenvalue weighted by Crippen LogP contribution is 2.37. The van der Waals surface area contributed by atoms with Gasteiger partial charge in [-0.05, 0) is 54.4 Å². The Kier molecular flexibility index (Phi) is 8.01. The van der Waals surface area contributed by atoms with Crippen molar-refractivity contribution in [3.63, 3.8) is 0 Å². The molecule has 0 aliphatic carbocycles. The van der Waals surface area contributed by atoms with Gasteiger partial charge in [-0.15, -0.1) is 0 Å². The summed E-state index contributed by atoms with van der Waals surface area (Å²) in [6, 6.07) is 18.5. The maximum atomic E-state index is 13.0. The zero-order valence-electron chi connectivity index (χ0n) is 20.3. The zero-order chi connectivity index (χ0) is 26.2. The van der Waals surface area contributed by atoms with Crippen LogP contribution in [0.1, 0.15) is 5.56 Å². The Morgan fingerprint density at radius 3 is 2.43 bits per heavy atom. The molecule has 190 valence electrons. The van der Waals surface area contributed by atoms with Crippen molar-refractivity contribution in [1.82, 2.24) is 10.4 Å². The minimum atomic E-state index is -0.577. The Labute approximate surface area is 213 Å².